The van der Waals surface area contributed by atoms with Crippen LogP contribution in [-0.2, 0) is 4.84 Å². The van der Waals surface area contributed by atoms with Crippen LogP contribution in [0.2, 0.25) is 0 Å². The summed E-state index contributed by atoms with van der Waals surface area (Å²) in [7, 11) is 0. The molecule has 3 heteroatoms. The molecule has 0 aromatic heterocycles. The summed E-state index contributed by atoms with van der Waals surface area (Å²) >= 11 is 0. The van der Waals surface area contributed by atoms with E-state index < -0.39 is 0 Å². The molecule has 0 aromatic carbocycles. The van der Waals surface area contributed by atoms with Gasteiger partial charge in [0.05, 0.1) is 13.2 Å². The van der Waals surface area contributed by atoms with Crippen molar-refractivity contribution in [2.45, 2.75) is 90.9 Å². The van der Waals surface area contributed by atoms with E-state index in [1.54, 1.807) is 0 Å². The quantitative estimate of drug-likeness (QED) is 0.305. The van der Waals surface area contributed by atoms with Crippen LogP contribution >= 0.6 is 0 Å². The van der Waals surface area contributed by atoms with Gasteiger partial charge in [-0.2, -0.15) is 5.06 Å². The highest BCUT2D eigenvalue weighted by molar-refractivity contribution is 4.50. The molecule has 0 amide bonds. The zero-order valence-corrected chi connectivity index (χ0v) is 14.6. The van der Waals surface area contributed by atoms with Crippen LogP contribution in [0.25, 0.3) is 0 Å². The van der Waals surface area contributed by atoms with Crippen LogP contribution in [0.5, 0.6) is 0 Å². The fourth-order valence-corrected chi connectivity index (χ4v) is 2.61. The first kappa shape index (κ1) is 20.9. The largest absolute Gasteiger partial charge is 0.394 e. The molecule has 3 nitrogen and oxygen atoms in total. The molecule has 0 aliphatic heterocycles. The zero-order valence-electron chi connectivity index (χ0n) is 14.6. The molecule has 0 unspecified atom stereocenters. The number of aliphatic hydroxyl groups is 1. The van der Waals surface area contributed by atoms with Gasteiger partial charge in [0.15, 0.2) is 0 Å². The minimum Gasteiger partial charge on any atom is -0.394 e. The maximum absolute atomic E-state index is 8.73. The van der Waals surface area contributed by atoms with Crippen molar-refractivity contribution in [2.75, 3.05) is 26.3 Å². The lowest BCUT2D eigenvalue weighted by molar-refractivity contribution is -0.163. The Balaban J connectivity index is 3.14. The van der Waals surface area contributed by atoms with Crippen LogP contribution in [-0.4, -0.2) is 36.5 Å². The molecular weight excluding hydrogens is 262 g/mol. The van der Waals surface area contributed by atoms with E-state index in [0.717, 1.165) is 13.1 Å². The molecule has 0 heterocycles. The first-order valence-electron chi connectivity index (χ1n) is 9.33. The Bertz CT molecular complexity index is 188. The van der Waals surface area contributed by atoms with E-state index in [2.05, 4.69) is 13.8 Å². The van der Waals surface area contributed by atoms with Gasteiger partial charge in [0.2, 0.25) is 0 Å². The first-order valence-corrected chi connectivity index (χ1v) is 9.33. The van der Waals surface area contributed by atoms with Crippen LogP contribution in [0, 0.1) is 0 Å². The van der Waals surface area contributed by atoms with Gasteiger partial charge in [-0.05, 0) is 6.42 Å². The lowest BCUT2D eigenvalue weighted by atomic mass is 10.1. The average Bonchev–Trinajstić information content (AvgIpc) is 2.51. The summed E-state index contributed by atoms with van der Waals surface area (Å²) in [6, 6.07) is 0. The average molecular weight is 302 g/mol. The van der Waals surface area contributed by atoms with Crippen molar-refractivity contribution in [3.63, 3.8) is 0 Å². The summed E-state index contributed by atoms with van der Waals surface area (Å²) in [5.74, 6) is 0. The molecule has 0 bridgehead atoms. The van der Waals surface area contributed by atoms with Crippen molar-refractivity contribution in [3.05, 3.63) is 0 Å². The maximum Gasteiger partial charge on any atom is 0.0916 e. The van der Waals surface area contributed by atoms with Gasteiger partial charge in [-0.1, -0.05) is 84.5 Å². The van der Waals surface area contributed by atoms with Crippen LogP contribution in [0.15, 0.2) is 0 Å². The lowest BCUT2D eigenvalue weighted by Gasteiger charge is -2.19. The summed E-state index contributed by atoms with van der Waals surface area (Å²) in [4.78, 5) is 5.42. The minimum atomic E-state index is 0.106. The van der Waals surface area contributed by atoms with E-state index in [4.69, 9.17) is 9.94 Å². The Morgan fingerprint density at radius 1 is 0.714 bits per heavy atom. The molecule has 0 aliphatic carbocycles. The Labute approximate surface area is 133 Å². The van der Waals surface area contributed by atoms with Gasteiger partial charge in [0, 0.05) is 13.1 Å². The highest BCUT2D eigenvalue weighted by Gasteiger charge is 2.01. The molecule has 0 saturated heterocycles. The summed E-state index contributed by atoms with van der Waals surface area (Å²) in [6.45, 7) is 6.80. The van der Waals surface area contributed by atoms with Crippen molar-refractivity contribution < 1.29 is 9.94 Å². The van der Waals surface area contributed by atoms with Gasteiger partial charge in [0.25, 0.3) is 0 Å². The third-order valence-corrected chi connectivity index (χ3v) is 3.98. The molecule has 0 fully saturated rings. The van der Waals surface area contributed by atoms with Gasteiger partial charge < -0.3 is 5.11 Å². The highest BCUT2D eigenvalue weighted by Crippen LogP contribution is 2.12. The van der Waals surface area contributed by atoms with E-state index in [9.17, 15) is 0 Å². The summed E-state index contributed by atoms with van der Waals surface area (Å²) in [5, 5.41) is 10.7. The van der Waals surface area contributed by atoms with Crippen molar-refractivity contribution in [3.8, 4) is 0 Å². The van der Waals surface area contributed by atoms with Crippen LogP contribution in [0.3, 0.4) is 0 Å². The van der Waals surface area contributed by atoms with Gasteiger partial charge >= 0.3 is 0 Å². The maximum atomic E-state index is 8.73. The topological polar surface area (TPSA) is 32.7 Å². The molecular formula is C18H39NO2. The van der Waals surface area contributed by atoms with E-state index in [-0.39, 0.29) is 6.61 Å². The summed E-state index contributed by atoms with van der Waals surface area (Å²) < 4.78 is 0. The molecule has 0 rings (SSSR count). The molecule has 0 atom stereocenters. The molecule has 0 radical (unpaired) electrons. The van der Waals surface area contributed by atoms with Crippen molar-refractivity contribution in [2.24, 2.45) is 0 Å². The predicted octanol–water partition coefficient (Wildman–Crippen LogP) is 4.93. The van der Waals surface area contributed by atoms with Gasteiger partial charge in [0.1, 0.15) is 0 Å². The number of rotatable bonds is 17. The van der Waals surface area contributed by atoms with Gasteiger partial charge in [-0.25, -0.2) is 0 Å². The number of aliphatic hydroxyl groups excluding tert-OH is 1. The van der Waals surface area contributed by atoms with E-state index >= 15 is 0 Å². The monoisotopic (exact) mass is 301 g/mol. The normalized spacial score (nSPS) is 11.4. The number of hydroxylamine groups is 2. The van der Waals surface area contributed by atoms with Gasteiger partial charge in [-0.3, -0.25) is 4.84 Å². The molecule has 1 N–H and O–H groups in total. The van der Waals surface area contributed by atoms with E-state index in [1.807, 2.05) is 5.06 Å². The van der Waals surface area contributed by atoms with Crippen LogP contribution < -0.4 is 0 Å². The predicted molar refractivity (Wildman–Crippen MR) is 91.4 cm³/mol. The zero-order chi connectivity index (χ0) is 15.6. The number of unbranched alkanes of at least 4 members (excludes halogenated alkanes) is 11. The minimum absolute atomic E-state index is 0.106. The number of hydrogen-bond acceptors (Lipinski definition) is 3. The first-order chi connectivity index (χ1) is 10.3. The van der Waals surface area contributed by atoms with Crippen molar-refractivity contribution >= 4 is 0 Å². The Morgan fingerprint density at radius 3 is 1.62 bits per heavy atom. The fraction of sp³-hybridized carbons (Fsp3) is 1.00. The second-order valence-electron chi connectivity index (χ2n) is 5.97. The molecule has 0 saturated carbocycles. The Morgan fingerprint density at radius 2 is 1.19 bits per heavy atom. The Kier molecular flexibility index (Phi) is 17.8. The second-order valence-corrected chi connectivity index (χ2v) is 5.97. The molecule has 21 heavy (non-hydrogen) atoms. The third kappa shape index (κ3) is 16.1. The molecule has 0 spiro atoms. The SMILES string of the molecule is CCCCCCCCCCCCCCN(CC)OCCO. The Hall–Kier alpha value is -0.120. The number of hydrogen-bond donors (Lipinski definition) is 1. The lowest BCUT2D eigenvalue weighted by Crippen LogP contribution is -2.26. The van der Waals surface area contributed by atoms with Crippen molar-refractivity contribution in [1.82, 2.24) is 5.06 Å². The summed E-state index contributed by atoms with van der Waals surface area (Å²) in [5.41, 5.74) is 0. The van der Waals surface area contributed by atoms with Crippen LogP contribution in [0.1, 0.15) is 90.9 Å². The standard InChI is InChI=1S/C18H39NO2/c1-3-5-6-7-8-9-10-11-12-13-14-15-16-19(4-2)21-18-17-20/h20H,3-18H2,1-2H3. The molecule has 0 aromatic rings. The van der Waals surface area contributed by atoms with Gasteiger partial charge in [-0.15, -0.1) is 0 Å². The third-order valence-electron chi connectivity index (χ3n) is 3.98. The smallest absolute Gasteiger partial charge is 0.0916 e. The van der Waals surface area contributed by atoms with E-state index in [0.29, 0.717) is 6.61 Å². The van der Waals surface area contributed by atoms with Crippen LogP contribution in [0.4, 0.5) is 0 Å². The highest BCUT2D eigenvalue weighted by atomic mass is 16.7. The summed E-state index contributed by atoms with van der Waals surface area (Å²) in [6.07, 6.45) is 16.6. The number of nitrogens with zero attached hydrogens (tertiary/aromatic N) is 1. The molecule has 0 aliphatic rings. The second kappa shape index (κ2) is 17.9. The molecule has 128 valence electrons. The van der Waals surface area contributed by atoms with Crippen molar-refractivity contribution in [1.29, 1.82) is 0 Å². The fourth-order valence-electron chi connectivity index (χ4n) is 2.61. The van der Waals surface area contributed by atoms with E-state index in [1.165, 1.54) is 77.0 Å².